The molecule has 0 saturated carbocycles. The number of hydrogen-bond donors (Lipinski definition) is 0. The largest absolute Gasteiger partial charge is 0.490 e. The molecule has 0 radical (unpaired) electrons. The van der Waals surface area contributed by atoms with Crippen LogP contribution >= 0.6 is 34.2 Å². The van der Waals surface area contributed by atoms with Gasteiger partial charge in [0.05, 0.1) is 10.2 Å². The van der Waals surface area contributed by atoms with Crippen LogP contribution in [0.1, 0.15) is 68.1 Å². The minimum Gasteiger partial charge on any atom is -0.490 e. The van der Waals surface area contributed by atoms with Gasteiger partial charge in [-0.05, 0) is 84.5 Å². The van der Waals surface area contributed by atoms with Crippen molar-refractivity contribution in [2.24, 2.45) is 0 Å². The number of halogens is 2. The molecule has 3 aliphatic rings. The summed E-state index contributed by atoms with van der Waals surface area (Å²) in [4.78, 5) is 29.8. The van der Waals surface area contributed by atoms with Crippen LogP contribution in [0.2, 0.25) is 5.02 Å². The number of allylic oxidation sites excluding steroid dienone is 4. The number of nitrogens with zero attached hydrogens (tertiary/aromatic N) is 1. The lowest BCUT2D eigenvalue weighted by atomic mass is 9.71. The number of hydrogen-bond acceptors (Lipinski definition) is 5. The molecular weight excluding hydrogens is 661 g/mol. The Morgan fingerprint density at radius 1 is 0.857 bits per heavy atom. The molecule has 0 atom stereocenters. The lowest BCUT2D eigenvalue weighted by Crippen LogP contribution is -2.38. The average Bonchev–Trinajstić information content (AvgIpc) is 2.99. The van der Waals surface area contributed by atoms with Crippen LogP contribution in [-0.2, 0) is 22.7 Å². The maximum absolute atomic E-state index is 13.8. The Morgan fingerprint density at radius 3 is 2.14 bits per heavy atom. The van der Waals surface area contributed by atoms with Crippen LogP contribution in [0, 0.1) is 3.57 Å². The van der Waals surface area contributed by atoms with Gasteiger partial charge in [-0.1, -0.05) is 60.1 Å². The highest BCUT2D eigenvalue weighted by Crippen LogP contribution is 2.51. The minimum atomic E-state index is -0.409. The summed E-state index contributed by atoms with van der Waals surface area (Å²) >= 11 is 8.66. The van der Waals surface area contributed by atoms with Gasteiger partial charge in [-0.3, -0.25) is 9.59 Å². The Bertz CT molecular complexity index is 1550. The molecule has 5 nitrogen and oxygen atoms in total. The van der Waals surface area contributed by atoms with Crippen molar-refractivity contribution < 1.29 is 19.1 Å². The van der Waals surface area contributed by atoms with Gasteiger partial charge >= 0.3 is 0 Å². The lowest BCUT2D eigenvalue weighted by Gasteiger charge is -2.44. The van der Waals surface area contributed by atoms with Crippen molar-refractivity contribution in [3.05, 3.63) is 115 Å². The van der Waals surface area contributed by atoms with Gasteiger partial charge in [0.15, 0.2) is 23.1 Å². The Kier molecular flexibility index (Phi) is 8.72. The molecule has 0 unspecified atom stereocenters. The van der Waals surface area contributed by atoms with E-state index in [2.05, 4.69) is 45.7 Å². The van der Waals surface area contributed by atoms with Crippen LogP contribution < -0.4 is 9.47 Å². The number of Topliss-reactive ketones (excluding diaryl/α,β-unsaturated/α-hetero) is 2. The lowest BCUT2D eigenvalue weighted by molar-refractivity contribution is -0.117. The number of carbonyl (C=O) groups is 2. The first-order valence-corrected chi connectivity index (χ1v) is 16.1. The zero-order valence-electron chi connectivity index (χ0n) is 23.6. The number of rotatable bonds is 8. The third-order valence-electron chi connectivity index (χ3n) is 8.26. The van der Waals surface area contributed by atoms with E-state index in [1.807, 2.05) is 55.5 Å². The molecule has 3 aromatic rings. The van der Waals surface area contributed by atoms with Gasteiger partial charge in [-0.15, -0.1) is 0 Å². The topological polar surface area (TPSA) is 55.8 Å². The van der Waals surface area contributed by atoms with Gasteiger partial charge in [0.25, 0.3) is 0 Å². The maximum Gasteiger partial charge on any atom is 0.174 e. The van der Waals surface area contributed by atoms with Crippen molar-refractivity contribution in [1.82, 2.24) is 4.90 Å². The molecule has 42 heavy (non-hydrogen) atoms. The molecule has 1 heterocycles. The van der Waals surface area contributed by atoms with Crippen molar-refractivity contribution >= 4 is 45.8 Å². The highest BCUT2D eigenvalue weighted by atomic mass is 127. The number of ether oxygens (including phenoxy) is 2. The summed E-state index contributed by atoms with van der Waals surface area (Å²) < 4.78 is 13.3. The fraction of sp³-hybridized carbons (Fsp3) is 0.314. The van der Waals surface area contributed by atoms with Gasteiger partial charge in [0.2, 0.25) is 0 Å². The van der Waals surface area contributed by atoms with Crippen molar-refractivity contribution in [3.8, 4) is 11.5 Å². The van der Waals surface area contributed by atoms with E-state index in [1.54, 1.807) is 0 Å². The Morgan fingerprint density at radius 2 is 1.50 bits per heavy atom. The highest BCUT2D eigenvalue weighted by molar-refractivity contribution is 14.1. The molecule has 7 heteroatoms. The quantitative estimate of drug-likeness (QED) is 0.222. The van der Waals surface area contributed by atoms with Crippen molar-refractivity contribution in [2.75, 3.05) is 6.61 Å². The van der Waals surface area contributed by atoms with Crippen molar-refractivity contribution in [1.29, 1.82) is 0 Å². The smallest absolute Gasteiger partial charge is 0.174 e. The second-order valence-corrected chi connectivity index (χ2v) is 12.5. The molecule has 2 aliphatic carbocycles. The second-order valence-electron chi connectivity index (χ2n) is 10.9. The van der Waals surface area contributed by atoms with Crippen LogP contribution in [0.5, 0.6) is 11.5 Å². The maximum atomic E-state index is 13.8. The van der Waals surface area contributed by atoms with Gasteiger partial charge in [-0.25, -0.2) is 0 Å². The summed E-state index contributed by atoms with van der Waals surface area (Å²) in [6, 6.07) is 22.0. The fourth-order valence-corrected chi connectivity index (χ4v) is 7.40. The van der Waals surface area contributed by atoms with Crippen LogP contribution in [0.4, 0.5) is 0 Å². The SMILES string of the molecule is CCOc1cc(C2C3=C(CCCC3=O)N(Cc3ccccc3)C3=C2C(=O)CCC3)cc(I)c1OCc1ccccc1Cl. The molecule has 6 rings (SSSR count). The zero-order valence-corrected chi connectivity index (χ0v) is 26.5. The highest BCUT2D eigenvalue weighted by Gasteiger charge is 2.43. The van der Waals surface area contributed by atoms with Crippen LogP contribution in [0.25, 0.3) is 0 Å². The molecule has 0 bridgehead atoms. The third kappa shape index (κ3) is 5.63. The Balaban J connectivity index is 1.46. The van der Waals surface area contributed by atoms with E-state index in [-0.39, 0.29) is 11.6 Å². The first kappa shape index (κ1) is 29.0. The third-order valence-corrected chi connectivity index (χ3v) is 9.43. The predicted octanol–water partition coefficient (Wildman–Crippen LogP) is 8.54. The predicted molar refractivity (Wildman–Crippen MR) is 173 cm³/mol. The summed E-state index contributed by atoms with van der Waals surface area (Å²) in [7, 11) is 0. The van der Waals surface area contributed by atoms with Gasteiger partial charge in [-0.2, -0.15) is 0 Å². The van der Waals surface area contributed by atoms with E-state index in [4.69, 9.17) is 21.1 Å². The second kappa shape index (κ2) is 12.6. The summed E-state index contributed by atoms with van der Waals surface area (Å²) in [6.45, 7) is 3.35. The van der Waals surface area contributed by atoms with Crippen LogP contribution in [0.15, 0.2) is 89.3 Å². The average molecular weight is 694 g/mol. The van der Waals surface area contributed by atoms with E-state index in [0.717, 1.165) is 62.9 Å². The van der Waals surface area contributed by atoms with E-state index < -0.39 is 5.92 Å². The molecule has 0 N–H and O–H groups in total. The van der Waals surface area contributed by atoms with Gasteiger partial charge in [0.1, 0.15) is 6.61 Å². The number of carbonyl (C=O) groups excluding carboxylic acids is 2. The minimum absolute atomic E-state index is 0.135. The van der Waals surface area contributed by atoms with E-state index in [1.165, 1.54) is 5.56 Å². The first-order valence-electron chi connectivity index (χ1n) is 14.6. The first-order chi connectivity index (χ1) is 20.5. The Labute approximate surface area is 265 Å². The standard InChI is InChI=1S/C35H33ClINO4/c1-2-41-31-19-24(18-26(37)35(31)42-21-23-12-6-7-13-25(23)36)32-33-27(14-8-16-29(33)39)38(20-22-10-4-3-5-11-22)28-15-9-17-30(40)34(28)32/h3-7,10-13,18-19,32H,2,8-9,14-17,20-21H2,1H3. The van der Waals surface area contributed by atoms with Crippen LogP contribution in [-0.4, -0.2) is 23.1 Å². The van der Waals surface area contributed by atoms with Crippen molar-refractivity contribution in [3.63, 3.8) is 0 Å². The van der Waals surface area contributed by atoms with E-state index >= 15 is 0 Å². The monoisotopic (exact) mass is 693 g/mol. The number of benzene rings is 3. The van der Waals surface area contributed by atoms with Gasteiger partial charge < -0.3 is 14.4 Å². The molecule has 3 aromatic carbocycles. The zero-order chi connectivity index (χ0) is 29.2. The normalized spacial score (nSPS) is 17.4. The molecule has 0 aromatic heterocycles. The molecule has 216 valence electrons. The van der Waals surface area contributed by atoms with E-state index in [9.17, 15) is 9.59 Å². The summed E-state index contributed by atoms with van der Waals surface area (Å²) in [6.07, 6.45) is 4.29. The molecule has 0 saturated heterocycles. The molecule has 1 aliphatic heterocycles. The van der Waals surface area contributed by atoms with E-state index in [0.29, 0.717) is 49.1 Å². The summed E-state index contributed by atoms with van der Waals surface area (Å²) in [5, 5.41) is 0.648. The fourth-order valence-electron chi connectivity index (χ4n) is 6.43. The molecule has 0 spiro atoms. The number of ketones is 2. The summed E-state index contributed by atoms with van der Waals surface area (Å²) in [5.74, 6) is 1.10. The molecule has 0 fully saturated rings. The Hall–Kier alpha value is -3.10. The molecule has 0 amide bonds. The van der Waals surface area contributed by atoms with Crippen molar-refractivity contribution in [2.45, 2.75) is 64.5 Å². The van der Waals surface area contributed by atoms with Gasteiger partial charge in [0, 0.05) is 58.4 Å². The summed E-state index contributed by atoms with van der Waals surface area (Å²) in [5.41, 5.74) is 6.64. The molecular formula is C35H33ClINO4. The van der Waals surface area contributed by atoms with Crippen LogP contribution in [0.3, 0.4) is 0 Å².